The summed E-state index contributed by atoms with van der Waals surface area (Å²) in [5.74, 6) is -0.379. The lowest BCUT2D eigenvalue weighted by Crippen LogP contribution is -2.52. The van der Waals surface area contributed by atoms with E-state index in [0.29, 0.717) is 43.8 Å². The molecule has 8 nitrogen and oxygen atoms in total. The normalized spacial score (nSPS) is 31.4. The summed E-state index contributed by atoms with van der Waals surface area (Å²) in [4.78, 5) is 50.4. The predicted octanol–water partition coefficient (Wildman–Crippen LogP) is 0.914. The Labute approximate surface area is 186 Å². The van der Waals surface area contributed by atoms with E-state index in [1.807, 2.05) is 24.3 Å². The number of likely N-dealkylation sites (tertiary alicyclic amines) is 1. The van der Waals surface area contributed by atoms with Crippen molar-refractivity contribution in [3.8, 4) is 0 Å². The number of rotatable bonds is 5. The van der Waals surface area contributed by atoms with Crippen molar-refractivity contribution in [3.05, 3.63) is 47.1 Å². The van der Waals surface area contributed by atoms with Gasteiger partial charge in [-0.2, -0.15) is 0 Å². The van der Waals surface area contributed by atoms with Gasteiger partial charge in [-0.3, -0.25) is 24.5 Å². The number of amides is 4. The zero-order valence-corrected chi connectivity index (χ0v) is 17.8. The second-order valence-corrected chi connectivity index (χ2v) is 9.07. The van der Waals surface area contributed by atoms with Crippen molar-refractivity contribution in [1.29, 1.82) is 0 Å². The number of imide groups is 1. The molecule has 0 bridgehead atoms. The van der Waals surface area contributed by atoms with Gasteiger partial charge < -0.3 is 15.0 Å². The average Bonchev–Trinajstić information content (AvgIpc) is 3.36. The molecule has 0 spiro atoms. The van der Waals surface area contributed by atoms with E-state index < -0.39 is 11.9 Å². The van der Waals surface area contributed by atoms with Crippen LogP contribution in [-0.2, 0) is 23.9 Å². The summed E-state index contributed by atoms with van der Waals surface area (Å²) < 4.78 is 5.63. The summed E-state index contributed by atoms with van der Waals surface area (Å²) in [5.41, 5.74) is 2.57. The number of allylic oxidation sites excluding steroid dienone is 2. The molecule has 2 aliphatic carbocycles. The lowest BCUT2D eigenvalue weighted by atomic mass is 9.91. The van der Waals surface area contributed by atoms with Gasteiger partial charge >= 0.3 is 0 Å². The highest BCUT2D eigenvalue weighted by atomic mass is 16.5. The minimum atomic E-state index is -0.604. The molecule has 4 unspecified atom stereocenters. The molecule has 0 aromatic heterocycles. The molecule has 4 atom stereocenters. The Hall–Kier alpha value is -3.00. The van der Waals surface area contributed by atoms with Crippen LogP contribution in [0.2, 0.25) is 0 Å². The van der Waals surface area contributed by atoms with E-state index in [1.165, 1.54) is 0 Å². The molecule has 4 amide bonds. The second-order valence-electron chi connectivity index (χ2n) is 9.07. The topological polar surface area (TPSA) is 105 Å². The standard InChI is InChI=1S/C24H27N3O5/c28-21-6-4-19(23(30)26-21)27-13-17-10-15(1-3-18(17)24(27)31)12-25-22(29)11-14-2-5-20-16(9-14)7-8-32-20/h2-3,5,9-10,15-16,19-20H,1,4,6-8,11-13H2,(H,25,29)(H,26,28,30). The van der Waals surface area contributed by atoms with Gasteiger partial charge in [0.15, 0.2) is 0 Å². The van der Waals surface area contributed by atoms with Crippen molar-refractivity contribution >= 4 is 23.6 Å². The summed E-state index contributed by atoms with van der Waals surface area (Å²) in [7, 11) is 0. The smallest absolute Gasteiger partial charge is 0.254 e. The number of ether oxygens (including phenoxy) is 1. The van der Waals surface area contributed by atoms with Gasteiger partial charge in [0.1, 0.15) is 6.04 Å². The van der Waals surface area contributed by atoms with Crippen molar-refractivity contribution in [1.82, 2.24) is 15.5 Å². The molecule has 32 heavy (non-hydrogen) atoms. The molecular formula is C24H27N3O5. The highest BCUT2D eigenvalue weighted by Crippen LogP contribution is 2.33. The molecule has 2 N–H and O–H groups in total. The van der Waals surface area contributed by atoms with Gasteiger partial charge in [0, 0.05) is 37.6 Å². The zero-order chi connectivity index (χ0) is 22.2. The SMILES string of the molecule is O=C(CC1=CC2CCOC2C=C1)NCC1C=C2CN(C3CCC(=O)NC3=O)C(=O)C2=CC1. The predicted molar refractivity (Wildman–Crippen MR) is 115 cm³/mol. The monoisotopic (exact) mass is 437 g/mol. The van der Waals surface area contributed by atoms with Crippen molar-refractivity contribution in [2.75, 3.05) is 19.7 Å². The molecule has 0 aromatic carbocycles. The Morgan fingerprint density at radius 1 is 1.22 bits per heavy atom. The van der Waals surface area contributed by atoms with E-state index in [0.717, 1.165) is 24.2 Å². The molecule has 3 heterocycles. The molecular weight excluding hydrogens is 410 g/mol. The molecule has 3 fully saturated rings. The first-order valence-corrected chi connectivity index (χ1v) is 11.3. The molecule has 0 radical (unpaired) electrons. The number of hydrogen-bond donors (Lipinski definition) is 2. The maximum atomic E-state index is 12.8. The molecule has 5 aliphatic rings. The van der Waals surface area contributed by atoms with Crippen LogP contribution in [0.25, 0.3) is 0 Å². The van der Waals surface area contributed by atoms with E-state index in [-0.39, 0.29) is 36.2 Å². The highest BCUT2D eigenvalue weighted by Gasteiger charge is 2.41. The number of carbonyl (C=O) groups excluding carboxylic acids is 4. The molecule has 5 rings (SSSR count). The van der Waals surface area contributed by atoms with Crippen molar-refractivity contribution in [2.24, 2.45) is 11.8 Å². The first-order valence-electron chi connectivity index (χ1n) is 11.3. The minimum absolute atomic E-state index is 0.0147. The molecule has 8 heteroatoms. The maximum Gasteiger partial charge on any atom is 0.254 e. The summed E-state index contributed by atoms with van der Waals surface area (Å²) in [6.07, 6.45) is 12.9. The van der Waals surface area contributed by atoms with E-state index in [2.05, 4.69) is 16.7 Å². The Kier molecular flexibility index (Phi) is 5.55. The summed E-state index contributed by atoms with van der Waals surface area (Å²) >= 11 is 0. The fourth-order valence-corrected chi connectivity index (χ4v) is 5.15. The van der Waals surface area contributed by atoms with Crippen LogP contribution in [0.5, 0.6) is 0 Å². The summed E-state index contributed by atoms with van der Waals surface area (Å²) in [6, 6.07) is -0.604. The summed E-state index contributed by atoms with van der Waals surface area (Å²) in [5, 5.41) is 5.34. The average molecular weight is 437 g/mol. The van der Waals surface area contributed by atoms with Crippen molar-refractivity contribution in [2.45, 2.75) is 44.2 Å². The number of nitrogens with one attached hydrogen (secondary N) is 2. The van der Waals surface area contributed by atoms with Crippen molar-refractivity contribution < 1.29 is 23.9 Å². The van der Waals surface area contributed by atoms with E-state index in [9.17, 15) is 19.2 Å². The zero-order valence-electron chi connectivity index (χ0n) is 17.8. The third-order valence-corrected chi connectivity index (χ3v) is 6.86. The Morgan fingerprint density at radius 2 is 2.09 bits per heavy atom. The minimum Gasteiger partial charge on any atom is -0.374 e. The van der Waals surface area contributed by atoms with Gasteiger partial charge in [0.05, 0.1) is 12.5 Å². The van der Waals surface area contributed by atoms with Crippen LogP contribution in [-0.4, -0.2) is 60.4 Å². The van der Waals surface area contributed by atoms with Crippen molar-refractivity contribution in [3.63, 3.8) is 0 Å². The molecule has 3 aliphatic heterocycles. The Morgan fingerprint density at radius 3 is 2.94 bits per heavy atom. The quantitative estimate of drug-likeness (QED) is 0.623. The number of nitrogens with zero attached hydrogens (tertiary/aromatic N) is 1. The van der Waals surface area contributed by atoms with Crippen LogP contribution in [0, 0.1) is 11.8 Å². The molecule has 168 valence electrons. The van der Waals surface area contributed by atoms with Gasteiger partial charge in [-0.15, -0.1) is 0 Å². The second kappa shape index (κ2) is 8.50. The first kappa shape index (κ1) is 20.9. The van der Waals surface area contributed by atoms with Crippen LogP contribution in [0.1, 0.15) is 32.1 Å². The van der Waals surface area contributed by atoms with E-state index >= 15 is 0 Å². The lowest BCUT2D eigenvalue weighted by molar-refractivity contribution is -0.142. The lowest BCUT2D eigenvalue weighted by Gasteiger charge is -2.28. The van der Waals surface area contributed by atoms with Crippen LogP contribution in [0.4, 0.5) is 0 Å². The third kappa shape index (κ3) is 4.07. The number of fused-ring (bicyclic) bond motifs is 2. The van der Waals surface area contributed by atoms with Gasteiger partial charge in [0.2, 0.25) is 17.7 Å². The number of piperidine rings is 1. The fraction of sp³-hybridized carbons (Fsp3) is 0.500. The van der Waals surface area contributed by atoms with Crippen LogP contribution >= 0.6 is 0 Å². The number of hydrogen-bond acceptors (Lipinski definition) is 5. The van der Waals surface area contributed by atoms with Gasteiger partial charge in [-0.05, 0) is 36.3 Å². The van der Waals surface area contributed by atoms with Gasteiger partial charge in [-0.25, -0.2) is 0 Å². The van der Waals surface area contributed by atoms with Crippen LogP contribution in [0.3, 0.4) is 0 Å². The van der Waals surface area contributed by atoms with E-state index in [4.69, 9.17) is 4.74 Å². The summed E-state index contributed by atoms with van der Waals surface area (Å²) in [6.45, 7) is 1.64. The number of carbonyl (C=O) groups is 4. The Bertz CT molecular complexity index is 992. The molecule has 3 saturated heterocycles. The fourth-order valence-electron chi connectivity index (χ4n) is 5.15. The highest BCUT2D eigenvalue weighted by molar-refractivity contribution is 6.07. The first-order chi connectivity index (χ1) is 15.5. The maximum absolute atomic E-state index is 12.8. The molecule has 0 aromatic rings. The molecule has 0 saturated carbocycles. The van der Waals surface area contributed by atoms with Crippen LogP contribution < -0.4 is 10.6 Å². The van der Waals surface area contributed by atoms with E-state index in [1.54, 1.807) is 4.90 Å². The largest absolute Gasteiger partial charge is 0.374 e. The Balaban J connectivity index is 1.15. The van der Waals surface area contributed by atoms with Gasteiger partial charge in [-0.1, -0.05) is 30.4 Å². The van der Waals surface area contributed by atoms with Crippen LogP contribution in [0.15, 0.2) is 47.1 Å². The third-order valence-electron chi connectivity index (χ3n) is 6.86. The van der Waals surface area contributed by atoms with Gasteiger partial charge in [0.25, 0.3) is 5.91 Å².